The lowest BCUT2D eigenvalue weighted by Gasteiger charge is -2.12. The molecule has 1 N–H and O–H groups in total. The van der Waals surface area contributed by atoms with Gasteiger partial charge < -0.3 is 5.32 Å². The largest absolute Gasteiger partial charge is 0.352 e. The molecule has 1 rings (SSSR count). The van der Waals surface area contributed by atoms with Gasteiger partial charge in [0.1, 0.15) is 0 Å². The molecule has 0 radical (unpaired) electrons. The lowest BCUT2D eigenvalue weighted by Crippen LogP contribution is -2.26. The second-order valence-corrected chi connectivity index (χ2v) is 2.95. The third-order valence-electron chi connectivity index (χ3n) is 1.93. The molecule has 0 aromatic rings. The SMILES string of the molecule is CCCCC1=CC(=O)NCC1. The quantitative estimate of drug-likeness (QED) is 0.656. The van der Waals surface area contributed by atoms with Gasteiger partial charge in [0.15, 0.2) is 0 Å². The van der Waals surface area contributed by atoms with Gasteiger partial charge in [-0.2, -0.15) is 0 Å². The minimum Gasteiger partial charge on any atom is -0.352 e. The summed E-state index contributed by atoms with van der Waals surface area (Å²) in [6.07, 6.45) is 6.31. The van der Waals surface area contributed by atoms with Crippen LogP contribution in [0.1, 0.15) is 32.6 Å². The van der Waals surface area contributed by atoms with Crippen molar-refractivity contribution in [2.24, 2.45) is 0 Å². The van der Waals surface area contributed by atoms with Crippen molar-refractivity contribution in [2.45, 2.75) is 32.6 Å². The summed E-state index contributed by atoms with van der Waals surface area (Å²) in [6.45, 7) is 3.00. The van der Waals surface area contributed by atoms with Gasteiger partial charge in [-0.25, -0.2) is 0 Å². The third kappa shape index (κ3) is 2.74. The number of carbonyl (C=O) groups is 1. The molecule has 1 heterocycles. The van der Waals surface area contributed by atoms with Crippen molar-refractivity contribution >= 4 is 5.91 Å². The molecule has 0 fully saturated rings. The Balaban J connectivity index is 2.37. The van der Waals surface area contributed by atoms with Gasteiger partial charge in [0.25, 0.3) is 0 Å². The smallest absolute Gasteiger partial charge is 0.243 e. The minimum atomic E-state index is 0.0855. The highest BCUT2D eigenvalue weighted by atomic mass is 16.1. The maximum absolute atomic E-state index is 10.8. The molecule has 0 unspecified atom stereocenters. The van der Waals surface area contributed by atoms with E-state index in [2.05, 4.69) is 12.2 Å². The number of carbonyl (C=O) groups excluding carboxylic acids is 1. The zero-order valence-corrected chi connectivity index (χ0v) is 7.02. The summed E-state index contributed by atoms with van der Waals surface area (Å²) in [7, 11) is 0. The summed E-state index contributed by atoms with van der Waals surface area (Å²) < 4.78 is 0. The summed E-state index contributed by atoms with van der Waals surface area (Å²) in [5.41, 5.74) is 1.32. The Morgan fingerprint density at radius 2 is 2.45 bits per heavy atom. The summed E-state index contributed by atoms with van der Waals surface area (Å²) in [6, 6.07) is 0. The second-order valence-electron chi connectivity index (χ2n) is 2.95. The summed E-state index contributed by atoms with van der Waals surface area (Å²) in [4.78, 5) is 10.8. The van der Waals surface area contributed by atoms with Gasteiger partial charge in [0.2, 0.25) is 5.91 Å². The summed E-state index contributed by atoms with van der Waals surface area (Å²) in [5.74, 6) is 0.0855. The van der Waals surface area contributed by atoms with Crippen LogP contribution in [0.3, 0.4) is 0 Å². The Bertz CT molecular complexity index is 172. The van der Waals surface area contributed by atoms with Crippen LogP contribution in [0.15, 0.2) is 11.6 Å². The Morgan fingerprint density at radius 1 is 1.64 bits per heavy atom. The fourth-order valence-corrected chi connectivity index (χ4v) is 1.26. The molecule has 0 bridgehead atoms. The van der Waals surface area contributed by atoms with E-state index in [0.29, 0.717) is 0 Å². The monoisotopic (exact) mass is 153 g/mol. The van der Waals surface area contributed by atoms with Gasteiger partial charge >= 0.3 is 0 Å². The molecule has 1 aliphatic heterocycles. The molecular formula is C9H15NO. The highest BCUT2D eigenvalue weighted by Gasteiger charge is 2.07. The van der Waals surface area contributed by atoms with Gasteiger partial charge in [-0.05, 0) is 19.3 Å². The second kappa shape index (κ2) is 4.16. The first-order valence-corrected chi connectivity index (χ1v) is 4.30. The fourth-order valence-electron chi connectivity index (χ4n) is 1.26. The first kappa shape index (κ1) is 8.31. The minimum absolute atomic E-state index is 0.0855. The maximum Gasteiger partial charge on any atom is 0.243 e. The highest BCUT2D eigenvalue weighted by Crippen LogP contribution is 2.12. The zero-order chi connectivity index (χ0) is 8.10. The standard InChI is InChI=1S/C9H15NO/c1-2-3-4-8-5-6-10-9(11)7-8/h7H,2-6H2,1H3,(H,10,11). The van der Waals surface area contributed by atoms with Gasteiger partial charge in [-0.15, -0.1) is 0 Å². The van der Waals surface area contributed by atoms with Crippen LogP contribution in [0, 0.1) is 0 Å². The average Bonchev–Trinajstić information content (AvgIpc) is 2.01. The van der Waals surface area contributed by atoms with Gasteiger partial charge in [-0.1, -0.05) is 18.9 Å². The van der Waals surface area contributed by atoms with Crippen LogP contribution in [0.5, 0.6) is 0 Å². The van der Waals surface area contributed by atoms with Crippen LogP contribution in [-0.2, 0) is 4.79 Å². The molecule has 0 saturated carbocycles. The van der Waals surface area contributed by atoms with E-state index in [4.69, 9.17) is 0 Å². The zero-order valence-electron chi connectivity index (χ0n) is 7.02. The molecule has 62 valence electrons. The molecule has 0 aliphatic carbocycles. The molecule has 2 heteroatoms. The van der Waals surface area contributed by atoms with Crippen molar-refractivity contribution in [3.8, 4) is 0 Å². The lowest BCUT2D eigenvalue weighted by molar-refractivity contribution is -0.116. The normalized spacial score (nSPS) is 17.5. The predicted octanol–water partition coefficient (Wildman–Crippen LogP) is 1.62. The lowest BCUT2D eigenvalue weighted by atomic mass is 10.0. The molecule has 1 aliphatic rings. The molecule has 0 spiro atoms. The molecule has 1 amide bonds. The van der Waals surface area contributed by atoms with Gasteiger partial charge in [0.05, 0.1) is 0 Å². The first-order valence-electron chi connectivity index (χ1n) is 4.30. The predicted molar refractivity (Wildman–Crippen MR) is 45.2 cm³/mol. The van der Waals surface area contributed by atoms with E-state index in [0.717, 1.165) is 19.4 Å². The van der Waals surface area contributed by atoms with Crippen LogP contribution in [0.2, 0.25) is 0 Å². The molecule has 0 saturated heterocycles. The Labute approximate surface area is 67.7 Å². The van der Waals surface area contributed by atoms with Crippen molar-refractivity contribution in [3.05, 3.63) is 11.6 Å². The Hall–Kier alpha value is -0.790. The fraction of sp³-hybridized carbons (Fsp3) is 0.667. The Kier molecular flexibility index (Phi) is 3.14. The van der Waals surface area contributed by atoms with Crippen LogP contribution < -0.4 is 5.32 Å². The van der Waals surface area contributed by atoms with Crippen molar-refractivity contribution in [1.82, 2.24) is 5.32 Å². The number of hydrogen-bond donors (Lipinski definition) is 1. The Morgan fingerprint density at radius 3 is 3.09 bits per heavy atom. The number of rotatable bonds is 3. The average molecular weight is 153 g/mol. The van der Waals surface area contributed by atoms with Gasteiger partial charge in [-0.3, -0.25) is 4.79 Å². The topological polar surface area (TPSA) is 29.1 Å². The van der Waals surface area contributed by atoms with Gasteiger partial charge in [0, 0.05) is 12.6 Å². The highest BCUT2D eigenvalue weighted by molar-refractivity contribution is 5.89. The van der Waals surface area contributed by atoms with Crippen molar-refractivity contribution in [1.29, 1.82) is 0 Å². The van der Waals surface area contributed by atoms with E-state index in [1.807, 2.05) is 0 Å². The van der Waals surface area contributed by atoms with E-state index in [-0.39, 0.29) is 5.91 Å². The van der Waals surface area contributed by atoms with Crippen molar-refractivity contribution < 1.29 is 4.79 Å². The molecular weight excluding hydrogens is 138 g/mol. The summed E-state index contributed by atoms with van der Waals surface area (Å²) in [5, 5.41) is 2.77. The first-order chi connectivity index (χ1) is 5.33. The molecule has 0 aromatic carbocycles. The van der Waals surface area contributed by atoms with E-state index < -0.39 is 0 Å². The van der Waals surface area contributed by atoms with Crippen molar-refractivity contribution in [3.63, 3.8) is 0 Å². The van der Waals surface area contributed by atoms with Crippen LogP contribution in [-0.4, -0.2) is 12.5 Å². The van der Waals surface area contributed by atoms with Crippen LogP contribution >= 0.6 is 0 Å². The number of hydrogen-bond acceptors (Lipinski definition) is 1. The molecule has 0 aromatic heterocycles. The third-order valence-corrected chi connectivity index (χ3v) is 1.93. The maximum atomic E-state index is 10.8. The number of nitrogens with one attached hydrogen (secondary N) is 1. The number of unbranched alkanes of at least 4 members (excludes halogenated alkanes) is 1. The van der Waals surface area contributed by atoms with E-state index in [9.17, 15) is 4.79 Å². The van der Waals surface area contributed by atoms with Crippen LogP contribution in [0.25, 0.3) is 0 Å². The number of amides is 1. The summed E-state index contributed by atoms with van der Waals surface area (Å²) >= 11 is 0. The van der Waals surface area contributed by atoms with E-state index >= 15 is 0 Å². The molecule has 11 heavy (non-hydrogen) atoms. The molecule has 2 nitrogen and oxygen atoms in total. The van der Waals surface area contributed by atoms with E-state index in [1.165, 1.54) is 18.4 Å². The van der Waals surface area contributed by atoms with E-state index in [1.54, 1.807) is 6.08 Å². The van der Waals surface area contributed by atoms with Crippen LogP contribution in [0.4, 0.5) is 0 Å². The molecule has 0 atom stereocenters. The van der Waals surface area contributed by atoms with Crippen molar-refractivity contribution in [2.75, 3.05) is 6.54 Å².